The Labute approximate surface area is 114 Å². The Bertz CT molecular complexity index is 461. The molecule has 1 fully saturated rings. The number of carbonyl (C=O) groups is 1. The van der Waals surface area contributed by atoms with Gasteiger partial charge in [-0.1, -0.05) is 6.92 Å². The van der Waals surface area contributed by atoms with E-state index in [0.29, 0.717) is 23.7 Å². The first-order valence-corrected chi connectivity index (χ1v) is 6.82. The van der Waals surface area contributed by atoms with E-state index in [-0.39, 0.29) is 5.91 Å². The Hall–Kier alpha value is -1.62. The summed E-state index contributed by atoms with van der Waals surface area (Å²) in [6, 6.07) is 1.73. The Kier molecular flexibility index (Phi) is 4.37. The minimum Gasteiger partial charge on any atom is -0.398 e. The normalized spacial score (nSPS) is 19.6. The fourth-order valence-corrected chi connectivity index (χ4v) is 2.47. The van der Waals surface area contributed by atoms with Crippen LogP contribution in [-0.2, 0) is 0 Å². The number of amides is 1. The molecule has 2 rings (SSSR count). The van der Waals surface area contributed by atoms with Crippen molar-refractivity contribution in [1.29, 1.82) is 0 Å². The molecule has 0 radical (unpaired) electrons. The third-order valence-electron chi connectivity index (χ3n) is 3.69. The van der Waals surface area contributed by atoms with Crippen LogP contribution in [0.4, 0.5) is 5.69 Å². The Balaban J connectivity index is 1.88. The zero-order chi connectivity index (χ0) is 13.8. The van der Waals surface area contributed by atoms with Crippen molar-refractivity contribution in [3.8, 4) is 0 Å². The van der Waals surface area contributed by atoms with Gasteiger partial charge in [0.1, 0.15) is 0 Å². The zero-order valence-corrected chi connectivity index (χ0v) is 11.6. The first-order chi connectivity index (χ1) is 9.10. The molecular weight excluding hydrogens is 240 g/mol. The highest BCUT2D eigenvalue weighted by atomic mass is 16.1. The van der Waals surface area contributed by atoms with Crippen molar-refractivity contribution in [3.63, 3.8) is 0 Å². The zero-order valence-electron chi connectivity index (χ0n) is 11.6. The van der Waals surface area contributed by atoms with Crippen LogP contribution in [0.15, 0.2) is 12.3 Å². The Morgan fingerprint density at radius 2 is 2.42 bits per heavy atom. The molecule has 1 aromatic rings. The van der Waals surface area contributed by atoms with Crippen molar-refractivity contribution in [1.82, 2.24) is 15.2 Å². The predicted octanol–water partition coefficient (Wildman–Crippen LogP) is 1.04. The van der Waals surface area contributed by atoms with Crippen LogP contribution in [-0.4, -0.2) is 42.0 Å². The number of pyridine rings is 1. The van der Waals surface area contributed by atoms with E-state index in [2.05, 4.69) is 22.1 Å². The summed E-state index contributed by atoms with van der Waals surface area (Å²) in [5.74, 6) is 0.420. The maximum absolute atomic E-state index is 12.0. The van der Waals surface area contributed by atoms with Gasteiger partial charge in [-0.05, 0) is 38.4 Å². The summed E-state index contributed by atoms with van der Waals surface area (Å²) in [5.41, 5.74) is 7.62. The van der Waals surface area contributed by atoms with Gasteiger partial charge in [-0.25, -0.2) is 0 Å². The number of nitrogens with one attached hydrogen (secondary N) is 1. The highest BCUT2D eigenvalue weighted by Crippen LogP contribution is 2.15. The highest BCUT2D eigenvalue weighted by molar-refractivity contribution is 5.98. The molecule has 1 aliphatic heterocycles. The lowest BCUT2D eigenvalue weighted by Gasteiger charge is -2.14. The van der Waals surface area contributed by atoms with E-state index in [1.165, 1.54) is 0 Å². The predicted molar refractivity (Wildman–Crippen MR) is 75.9 cm³/mol. The molecule has 1 aromatic heterocycles. The lowest BCUT2D eigenvalue weighted by Crippen LogP contribution is -2.31. The van der Waals surface area contributed by atoms with Crippen LogP contribution in [0.1, 0.15) is 29.4 Å². The third kappa shape index (κ3) is 3.44. The number of anilines is 1. The number of hydrogen-bond donors (Lipinski definition) is 2. The quantitative estimate of drug-likeness (QED) is 0.850. The van der Waals surface area contributed by atoms with Crippen LogP contribution >= 0.6 is 0 Å². The van der Waals surface area contributed by atoms with Crippen molar-refractivity contribution in [2.24, 2.45) is 5.92 Å². The van der Waals surface area contributed by atoms with Gasteiger partial charge in [-0.15, -0.1) is 0 Å². The topological polar surface area (TPSA) is 71.2 Å². The molecule has 3 N–H and O–H groups in total. The van der Waals surface area contributed by atoms with Gasteiger partial charge in [0.25, 0.3) is 5.91 Å². The third-order valence-corrected chi connectivity index (χ3v) is 3.69. The lowest BCUT2D eigenvalue weighted by molar-refractivity contribution is 0.0948. The average molecular weight is 262 g/mol. The van der Waals surface area contributed by atoms with E-state index in [0.717, 1.165) is 31.7 Å². The van der Waals surface area contributed by atoms with E-state index in [1.807, 2.05) is 6.92 Å². The molecule has 19 heavy (non-hydrogen) atoms. The summed E-state index contributed by atoms with van der Waals surface area (Å²) in [6.07, 6.45) is 2.70. The second-order valence-electron chi connectivity index (χ2n) is 5.17. The second kappa shape index (κ2) is 6.02. The van der Waals surface area contributed by atoms with Crippen molar-refractivity contribution >= 4 is 11.6 Å². The first-order valence-electron chi connectivity index (χ1n) is 6.82. The minimum absolute atomic E-state index is 0.125. The molecule has 2 heterocycles. The molecule has 1 unspecified atom stereocenters. The maximum atomic E-state index is 12.0. The number of carbonyl (C=O) groups excluding carboxylic acids is 1. The van der Waals surface area contributed by atoms with E-state index in [1.54, 1.807) is 12.3 Å². The minimum atomic E-state index is -0.125. The molecule has 1 amide bonds. The molecule has 0 saturated carbocycles. The van der Waals surface area contributed by atoms with Gasteiger partial charge in [0, 0.05) is 30.7 Å². The number of likely N-dealkylation sites (tertiary alicyclic amines) is 1. The van der Waals surface area contributed by atoms with Gasteiger partial charge in [0.15, 0.2) is 0 Å². The number of aromatic nitrogens is 1. The summed E-state index contributed by atoms with van der Waals surface area (Å²) in [4.78, 5) is 18.6. The molecule has 1 atom stereocenters. The van der Waals surface area contributed by atoms with Crippen LogP contribution in [0.2, 0.25) is 0 Å². The average Bonchev–Trinajstić information content (AvgIpc) is 2.84. The SMILES string of the molecule is CCN1CCC(CNC(=O)c2cnc(C)cc2N)C1. The molecule has 0 spiro atoms. The molecule has 5 nitrogen and oxygen atoms in total. The summed E-state index contributed by atoms with van der Waals surface area (Å²) in [7, 11) is 0. The maximum Gasteiger partial charge on any atom is 0.254 e. The number of aryl methyl sites for hydroxylation is 1. The van der Waals surface area contributed by atoms with E-state index >= 15 is 0 Å². The van der Waals surface area contributed by atoms with Crippen LogP contribution < -0.4 is 11.1 Å². The molecular formula is C14H22N4O. The largest absolute Gasteiger partial charge is 0.398 e. The van der Waals surface area contributed by atoms with E-state index < -0.39 is 0 Å². The smallest absolute Gasteiger partial charge is 0.254 e. The van der Waals surface area contributed by atoms with Crippen LogP contribution in [0, 0.1) is 12.8 Å². The van der Waals surface area contributed by atoms with Crippen LogP contribution in [0.25, 0.3) is 0 Å². The van der Waals surface area contributed by atoms with Crippen molar-refractivity contribution in [2.75, 3.05) is 31.9 Å². The monoisotopic (exact) mass is 262 g/mol. The summed E-state index contributed by atoms with van der Waals surface area (Å²) >= 11 is 0. The van der Waals surface area contributed by atoms with Crippen molar-refractivity contribution < 1.29 is 4.79 Å². The highest BCUT2D eigenvalue weighted by Gasteiger charge is 2.22. The Morgan fingerprint density at radius 3 is 3.05 bits per heavy atom. The van der Waals surface area contributed by atoms with Crippen LogP contribution in [0.3, 0.4) is 0 Å². The summed E-state index contributed by atoms with van der Waals surface area (Å²) in [6.45, 7) is 8.02. The molecule has 1 aliphatic rings. The summed E-state index contributed by atoms with van der Waals surface area (Å²) in [5, 5.41) is 2.96. The van der Waals surface area contributed by atoms with Gasteiger partial charge in [0.05, 0.1) is 5.56 Å². The number of nitrogens with zero attached hydrogens (tertiary/aromatic N) is 2. The number of rotatable bonds is 4. The van der Waals surface area contributed by atoms with Gasteiger partial charge < -0.3 is 16.0 Å². The van der Waals surface area contributed by atoms with Crippen molar-refractivity contribution in [2.45, 2.75) is 20.3 Å². The van der Waals surface area contributed by atoms with E-state index in [4.69, 9.17) is 5.73 Å². The van der Waals surface area contributed by atoms with Gasteiger partial charge >= 0.3 is 0 Å². The molecule has 5 heteroatoms. The molecule has 1 saturated heterocycles. The molecule has 0 aromatic carbocycles. The molecule has 104 valence electrons. The standard InChI is InChI=1S/C14H22N4O/c1-3-18-5-4-11(9-18)7-17-14(19)12-8-16-10(2)6-13(12)15/h6,8,11H,3-5,7,9H2,1-2H3,(H2,15,16)(H,17,19). The van der Waals surface area contributed by atoms with Gasteiger partial charge in [-0.3, -0.25) is 9.78 Å². The fraction of sp³-hybridized carbons (Fsp3) is 0.571. The molecule has 0 aliphatic carbocycles. The van der Waals surface area contributed by atoms with Gasteiger partial charge in [-0.2, -0.15) is 0 Å². The number of hydrogen-bond acceptors (Lipinski definition) is 4. The van der Waals surface area contributed by atoms with Gasteiger partial charge in [0.2, 0.25) is 0 Å². The lowest BCUT2D eigenvalue weighted by atomic mass is 10.1. The number of nitrogen functional groups attached to an aromatic ring is 1. The van der Waals surface area contributed by atoms with Crippen molar-refractivity contribution in [3.05, 3.63) is 23.5 Å². The molecule has 0 bridgehead atoms. The van der Waals surface area contributed by atoms with Crippen LogP contribution in [0.5, 0.6) is 0 Å². The fourth-order valence-electron chi connectivity index (χ4n) is 2.47. The Morgan fingerprint density at radius 1 is 1.63 bits per heavy atom. The summed E-state index contributed by atoms with van der Waals surface area (Å²) < 4.78 is 0. The second-order valence-corrected chi connectivity index (χ2v) is 5.17. The number of nitrogens with two attached hydrogens (primary N) is 1. The van der Waals surface area contributed by atoms with E-state index in [9.17, 15) is 4.79 Å². The first kappa shape index (κ1) is 13.8.